The van der Waals surface area contributed by atoms with Gasteiger partial charge in [-0.3, -0.25) is 0 Å². The summed E-state index contributed by atoms with van der Waals surface area (Å²) in [5.74, 6) is -0.756. The molecule has 0 aromatic rings. The second kappa shape index (κ2) is 35.2. The van der Waals surface area contributed by atoms with Crippen LogP contribution < -0.4 is 0 Å². The van der Waals surface area contributed by atoms with E-state index in [-0.39, 0.29) is 0 Å². The molecule has 1 unspecified atom stereocenters. The van der Waals surface area contributed by atoms with Crippen molar-refractivity contribution in [2.75, 3.05) is 39.6 Å². The molecule has 0 bridgehead atoms. The third-order valence-corrected chi connectivity index (χ3v) is 9.55. The third kappa shape index (κ3) is 27.5. The van der Waals surface area contributed by atoms with Gasteiger partial charge in [-0.1, -0.05) is 148 Å². The molecule has 0 aromatic carbocycles. The maximum Gasteiger partial charge on any atom is 0.282 e. The minimum atomic E-state index is -0.828. The van der Waals surface area contributed by atoms with Crippen molar-refractivity contribution in [3.05, 3.63) is 0 Å². The molecule has 0 aliphatic heterocycles. The highest BCUT2D eigenvalue weighted by molar-refractivity contribution is 4.61. The van der Waals surface area contributed by atoms with Crippen LogP contribution in [0.5, 0.6) is 0 Å². The zero-order valence-corrected chi connectivity index (χ0v) is 33.7. The van der Waals surface area contributed by atoms with Crippen molar-refractivity contribution in [3.63, 3.8) is 0 Å². The molecule has 0 radical (unpaired) electrons. The van der Waals surface area contributed by atoms with Gasteiger partial charge in [-0.15, -0.1) is 0 Å². The Labute approximate surface area is 300 Å². The summed E-state index contributed by atoms with van der Waals surface area (Å²) in [6.45, 7) is 18.2. The standard InChI is InChI=1S/C42H86O6/c1-8-43-41(44-9-2,45-10-3)38-34-30-26-22-20-18-16-14-15-17-19-21-24-28-32-36-40(7)37-33-29-25-23-27-31-35-39-42(46-11-4,47-12-5)48-13-6/h40H,8-39H2,1-7H3. The van der Waals surface area contributed by atoms with Crippen LogP contribution >= 0.6 is 0 Å². The van der Waals surface area contributed by atoms with Crippen LogP contribution in [0.1, 0.15) is 215 Å². The Kier molecular flexibility index (Phi) is 35.0. The first kappa shape index (κ1) is 47.8. The molecular formula is C42H86O6. The Hall–Kier alpha value is -0.240. The highest BCUT2D eigenvalue weighted by Crippen LogP contribution is 2.26. The molecule has 48 heavy (non-hydrogen) atoms. The van der Waals surface area contributed by atoms with Gasteiger partial charge in [0.1, 0.15) is 0 Å². The molecule has 0 amide bonds. The molecule has 0 saturated carbocycles. The lowest BCUT2D eigenvalue weighted by Gasteiger charge is -2.32. The minimum Gasteiger partial charge on any atom is -0.328 e. The second-order valence-corrected chi connectivity index (χ2v) is 13.9. The lowest BCUT2D eigenvalue weighted by Crippen LogP contribution is -2.39. The summed E-state index contributed by atoms with van der Waals surface area (Å²) in [5.41, 5.74) is 0. The first-order chi connectivity index (χ1) is 23.5. The van der Waals surface area contributed by atoms with E-state index in [1.807, 2.05) is 41.5 Å². The van der Waals surface area contributed by atoms with Gasteiger partial charge in [-0.05, 0) is 60.3 Å². The largest absolute Gasteiger partial charge is 0.328 e. The van der Waals surface area contributed by atoms with Crippen molar-refractivity contribution in [2.24, 2.45) is 5.92 Å². The Bertz CT molecular complexity index is 595. The Morgan fingerprint density at radius 2 is 0.479 bits per heavy atom. The summed E-state index contributed by atoms with van der Waals surface area (Å²) in [4.78, 5) is 0. The summed E-state index contributed by atoms with van der Waals surface area (Å²) in [6.07, 6.45) is 34.3. The van der Waals surface area contributed by atoms with Gasteiger partial charge in [0.25, 0.3) is 11.9 Å². The van der Waals surface area contributed by atoms with E-state index in [9.17, 15) is 0 Å². The molecule has 6 heteroatoms. The van der Waals surface area contributed by atoms with E-state index in [0.29, 0.717) is 39.6 Å². The average molecular weight is 687 g/mol. The summed E-state index contributed by atoms with van der Waals surface area (Å²) in [5, 5.41) is 0. The zero-order chi connectivity index (χ0) is 35.4. The number of hydrogen-bond donors (Lipinski definition) is 0. The average Bonchev–Trinajstić information content (AvgIpc) is 3.06. The maximum absolute atomic E-state index is 5.84. The summed E-state index contributed by atoms with van der Waals surface area (Å²) in [6, 6.07) is 0. The first-order valence-electron chi connectivity index (χ1n) is 21.3. The van der Waals surface area contributed by atoms with E-state index in [2.05, 4.69) is 6.92 Å². The number of hydrogen-bond acceptors (Lipinski definition) is 6. The van der Waals surface area contributed by atoms with E-state index in [1.54, 1.807) is 0 Å². The van der Waals surface area contributed by atoms with E-state index >= 15 is 0 Å². The fourth-order valence-electron chi connectivity index (χ4n) is 7.00. The maximum atomic E-state index is 5.84. The fraction of sp³-hybridized carbons (Fsp3) is 1.00. The van der Waals surface area contributed by atoms with Gasteiger partial charge in [0, 0.05) is 52.5 Å². The van der Waals surface area contributed by atoms with Gasteiger partial charge in [-0.25, -0.2) is 0 Å². The first-order valence-corrected chi connectivity index (χ1v) is 21.3. The van der Waals surface area contributed by atoms with Gasteiger partial charge < -0.3 is 28.4 Å². The van der Waals surface area contributed by atoms with Crippen LogP contribution in [-0.4, -0.2) is 51.6 Å². The van der Waals surface area contributed by atoms with E-state index in [4.69, 9.17) is 28.4 Å². The Morgan fingerprint density at radius 3 is 0.688 bits per heavy atom. The third-order valence-electron chi connectivity index (χ3n) is 9.55. The Balaban J connectivity index is 3.51. The van der Waals surface area contributed by atoms with Crippen LogP contribution in [0.15, 0.2) is 0 Å². The highest BCUT2D eigenvalue weighted by atomic mass is 16.9. The van der Waals surface area contributed by atoms with Gasteiger partial charge in [0.05, 0.1) is 0 Å². The lowest BCUT2D eigenvalue weighted by atomic mass is 9.95. The lowest BCUT2D eigenvalue weighted by molar-refractivity contribution is -0.380. The topological polar surface area (TPSA) is 55.4 Å². The molecule has 0 heterocycles. The predicted octanol–water partition coefficient (Wildman–Crippen LogP) is 13.3. The van der Waals surface area contributed by atoms with Gasteiger partial charge in [0.2, 0.25) is 0 Å². The molecule has 0 aromatic heterocycles. The molecule has 6 nitrogen and oxygen atoms in total. The van der Waals surface area contributed by atoms with Crippen molar-refractivity contribution in [1.82, 2.24) is 0 Å². The number of ether oxygens (including phenoxy) is 6. The van der Waals surface area contributed by atoms with Gasteiger partial charge in [0.15, 0.2) is 0 Å². The molecule has 0 aliphatic carbocycles. The normalized spacial score (nSPS) is 13.1. The number of rotatable bonds is 40. The molecule has 0 N–H and O–H groups in total. The summed E-state index contributed by atoms with van der Waals surface area (Å²) >= 11 is 0. The summed E-state index contributed by atoms with van der Waals surface area (Å²) < 4.78 is 35.0. The fourth-order valence-corrected chi connectivity index (χ4v) is 7.00. The predicted molar refractivity (Wildman–Crippen MR) is 204 cm³/mol. The van der Waals surface area contributed by atoms with Crippen molar-refractivity contribution in [1.29, 1.82) is 0 Å². The van der Waals surface area contributed by atoms with Crippen LogP contribution in [0.3, 0.4) is 0 Å². The second-order valence-electron chi connectivity index (χ2n) is 13.9. The summed E-state index contributed by atoms with van der Waals surface area (Å²) in [7, 11) is 0. The van der Waals surface area contributed by atoms with E-state index in [0.717, 1.165) is 31.6 Å². The monoisotopic (exact) mass is 687 g/mol. The van der Waals surface area contributed by atoms with Crippen molar-refractivity contribution < 1.29 is 28.4 Å². The molecule has 0 saturated heterocycles. The van der Waals surface area contributed by atoms with Gasteiger partial charge >= 0.3 is 0 Å². The van der Waals surface area contributed by atoms with Gasteiger partial charge in [-0.2, -0.15) is 0 Å². The Morgan fingerprint density at radius 1 is 0.292 bits per heavy atom. The van der Waals surface area contributed by atoms with Crippen LogP contribution in [-0.2, 0) is 28.4 Å². The van der Waals surface area contributed by atoms with Crippen molar-refractivity contribution in [3.8, 4) is 0 Å². The number of unbranched alkanes of at least 4 members (excludes halogenated alkanes) is 20. The molecule has 0 aliphatic rings. The highest BCUT2D eigenvalue weighted by Gasteiger charge is 2.32. The SMILES string of the molecule is CCOC(CCCCCCCCCCCCCCCCCC(C)CCCCCCCCCC(OCC)(OCC)OCC)(OCC)OCC. The molecule has 0 spiro atoms. The van der Waals surface area contributed by atoms with Crippen molar-refractivity contribution in [2.45, 2.75) is 227 Å². The van der Waals surface area contributed by atoms with Crippen LogP contribution in [0, 0.1) is 5.92 Å². The zero-order valence-electron chi connectivity index (χ0n) is 33.7. The minimum absolute atomic E-state index is 0.617. The van der Waals surface area contributed by atoms with E-state index < -0.39 is 11.9 Å². The molecule has 1 atom stereocenters. The van der Waals surface area contributed by atoms with E-state index in [1.165, 1.54) is 141 Å². The van der Waals surface area contributed by atoms with Crippen LogP contribution in [0.4, 0.5) is 0 Å². The molecule has 0 rings (SSSR count). The van der Waals surface area contributed by atoms with Crippen LogP contribution in [0.25, 0.3) is 0 Å². The molecule has 0 fully saturated rings. The molecular weight excluding hydrogens is 600 g/mol. The van der Waals surface area contributed by atoms with Crippen molar-refractivity contribution >= 4 is 0 Å². The van der Waals surface area contributed by atoms with Crippen LogP contribution in [0.2, 0.25) is 0 Å². The molecule has 290 valence electrons. The smallest absolute Gasteiger partial charge is 0.282 e. The quantitative estimate of drug-likeness (QED) is 0.0472.